The molecule has 0 heterocycles. The van der Waals surface area contributed by atoms with Crippen molar-refractivity contribution in [3.8, 4) is 12.3 Å². The van der Waals surface area contributed by atoms with Crippen molar-refractivity contribution in [3.05, 3.63) is 35.9 Å². The summed E-state index contributed by atoms with van der Waals surface area (Å²) in [6.07, 6.45) is 5.24. The normalized spacial score (nSPS) is 20.5. The van der Waals surface area contributed by atoms with Crippen LogP contribution in [0.25, 0.3) is 0 Å². The zero-order chi connectivity index (χ0) is 12.8. The molecule has 1 fully saturated rings. The summed E-state index contributed by atoms with van der Waals surface area (Å²) in [6.45, 7) is 0. The van der Waals surface area contributed by atoms with Gasteiger partial charge in [0, 0.05) is 0 Å². The molecule has 1 aliphatic rings. The summed E-state index contributed by atoms with van der Waals surface area (Å²) in [5.74, 6) is 1.13. The number of hydrogen-bond donors (Lipinski definition) is 1. The number of rotatable bonds is 2. The van der Waals surface area contributed by atoms with E-state index in [-0.39, 0.29) is 11.8 Å². The summed E-state index contributed by atoms with van der Waals surface area (Å²) in [6, 6.07) is 9.84. The van der Waals surface area contributed by atoms with Crippen molar-refractivity contribution in [1.82, 2.24) is 0 Å². The van der Waals surface area contributed by atoms with Crippen LogP contribution in [-0.4, -0.2) is 16.3 Å². The molecule has 1 aromatic rings. The van der Waals surface area contributed by atoms with Crippen LogP contribution in [0, 0.1) is 18.3 Å². The zero-order valence-electron chi connectivity index (χ0n) is 8.97. The maximum atomic E-state index is 10.5. The second kappa shape index (κ2) is 6.07. The van der Waals surface area contributed by atoms with Gasteiger partial charge in [-0.2, -0.15) is 0 Å². The molecule has 0 aromatic heterocycles. The van der Waals surface area contributed by atoms with Crippen LogP contribution in [0.2, 0.25) is 0 Å². The first-order valence-corrected chi connectivity index (χ1v) is 5.38. The van der Waals surface area contributed by atoms with Gasteiger partial charge in [0.15, 0.2) is 0 Å². The van der Waals surface area contributed by atoms with Crippen LogP contribution < -0.4 is 0 Å². The number of carboxylic acid groups (broad SMARTS) is 1. The molecule has 3 nitrogen and oxygen atoms in total. The third-order valence-electron chi connectivity index (χ3n) is 2.45. The van der Waals surface area contributed by atoms with Crippen molar-refractivity contribution in [2.45, 2.75) is 12.3 Å². The summed E-state index contributed by atoms with van der Waals surface area (Å²) in [5, 5.41) is 7.94. The molecule has 0 amide bonds. The molecule has 0 saturated heterocycles. The highest BCUT2D eigenvalue weighted by atomic mass is 35.5. The average molecular weight is 251 g/mol. The lowest BCUT2D eigenvalue weighted by molar-refractivity contribution is -0.138. The Morgan fingerprint density at radius 3 is 2.24 bits per heavy atom. The minimum absolute atomic E-state index is 0.132. The third kappa shape index (κ3) is 4.29. The summed E-state index contributed by atoms with van der Waals surface area (Å²) in [7, 11) is 0. The summed E-state index contributed by atoms with van der Waals surface area (Å²) in [5.41, 5.74) is 1.16. The molecule has 1 aliphatic carbocycles. The van der Waals surface area contributed by atoms with Crippen molar-refractivity contribution in [3.63, 3.8) is 0 Å². The quantitative estimate of drug-likeness (QED) is 0.647. The first-order valence-electron chi connectivity index (χ1n) is 5.00. The number of halogens is 1. The maximum Gasteiger partial charge on any atom is 0.307 e. The topological polar surface area (TPSA) is 54.4 Å². The van der Waals surface area contributed by atoms with Crippen LogP contribution in [0.15, 0.2) is 30.3 Å². The molecule has 1 N–H and O–H groups in total. The van der Waals surface area contributed by atoms with Gasteiger partial charge in [-0.05, 0) is 35.4 Å². The summed E-state index contributed by atoms with van der Waals surface area (Å²) < 4.78 is 0. The molecule has 0 radical (unpaired) electrons. The fourth-order valence-electron chi connectivity index (χ4n) is 1.54. The SMILES string of the molecule is C#CC(=O)Cl.O=C(O)[C@@H]1C[C@H]1c1ccccc1. The zero-order valence-corrected chi connectivity index (χ0v) is 9.72. The molecule has 1 saturated carbocycles. The van der Waals surface area contributed by atoms with Gasteiger partial charge in [0.1, 0.15) is 0 Å². The number of terminal acetylenes is 1. The highest BCUT2D eigenvalue weighted by molar-refractivity contribution is 6.68. The predicted molar refractivity (Wildman–Crippen MR) is 64.6 cm³/mol. The van der Waals surface area contributed by atoms with Crippen molar-refractivity contribution < 1.29 is 14.7 Å². The molecule has 4 heteroatoms. The molecule has 0 spiro atoms. The monoisotopic (exact) mass is 250 g/mol. The van der Waals surface area contributed by atoms with Crippen molar-refractivity contribution in [2.24, 2.45) is 5.92 Å². The van der Waals surface area contributed by atoms with Gasteiger partial charge in [-0.25, -0.2) is 0 Å². The van der Waals surface area contributed by atoms with Gasteiger partial charge in [-0.1, -0.05) is 30.3 Å². The van der Waals surface area contributed by atoms with Gasteiger partial charge >= 0.3 is 5.97 Å². The molecular formula is C13H11ClO3. The smallest absolute Gasteiger partial charge is 0.307 e. The molecule has 2 rings (SSSR count). The van der Waals surface area contributed by atoms with E-state index in [1.165, 1.54) is 0 Å². The highest BCUT2D eigenvalue weighted by Crippen LogP contribution is 2.47. The lowest BCUT2D eigenvalue weighted by atomic mass is 10.1. The van der Waals surface area contributed by atoms with Gasteiger partial charge in [0.05, 0.1) is 5.92 Å². The van der Waals surface area contributed by atoms with Crippen LogP contribution in [0.5, 0.6) is 0 Å². The van der Waals surface area contributed by atoms with Crippen LogP contribution in [-0.2, 0) is 9.59 Å². The molecule has 0 aliphatic heterocycles. The van der Waals surface area contributed by atoms with E-state index in [1.807, 2.05) is 30.3 Å². The largest absolute Gasteiger partial charge is 0.481 e. The first kappa shape index (κ1) is 13.3. The Morgan fingerprint density at radius 1 is 1.35 bits per heavy atom. The first-order chi connectivity index (χ1) is 8.06. The van der Waals surface area contributed by atoms with E-state index in [4.69, 9.17) is 5.11 Å². The molecule has 0 unspecified atom stereocenters. The summed E-state index contributed by atoms with van der Waals surface area (Å²) in [4.78, 5) is 19.9. The second-order valence-corrected chi connectivity index (χ2v) is 3.96. The standard InChI is InChI=1S/C10H10O2.C3HClO/c11-10(12)9-6-8(9)7-4-2-1-3-5-7;1-2-3(4)5/h1-5,8-9H,6H2,(H,11,12);1H/t8-,9+;/m0./s1. The number of carbonyl (C=O) groups excluding carboxylic acids is 1. The van der Waals surface area contributed by atoms with Crippen LogP contribution in [0.1, 0.15) is 17.9 Å². The van der Waals surface area contributed by atoms with E-state index in [9.17, 15) is 9.59 Å². The Bertz CT molecular complexity index is 447. The lowest BCUT2D eigenvalue weighted by Crippen LogP contribution is -1.98. The van der Waals surface area contributed by atoms with Gasteiger partial charge in [0.2, 0.25) is 0 Å². The Morgan fingerprint density at radius 2 is 1.88 bits per heavy atom. The lowest BCUT2D eigenvalue weighted by Gasteiger charge is -1.95. The predicted octanol–water partition coefficient (Wildman–Crippen LogP) is 2.26. The van der Waals surface area contributed by atoms with Crippen LogP contribution >= 0.6 is 11.6 Å². The second-order valence-electron chi connectivity index (χ2n) is 3.62. The molecular weight excluding hydrogens is 240 g/mol. The van der Waals surface area contributed by atoms with Gasteiger partial charge in [0.25, 0.3) is 5.24 Å². The molecule has 0 bridgehead atoms. The van der Waals surface area contributed by atoms with E-state index in [0.29, 0.717) is 0 Å². The van der Waals surface area contributed by atoms with Crippen molar-refractivity contribution >= 4 is 22.8 Å². The minimum Gasteiger partial charge on any atom is -0.481 e. The number of benzene rings is 1. The Balaban J connectivity index is 0.000000249. The number of aliphatic carboxylic acids is 1. The van der Waals surface area contributed by atoms with E-state index < -0.39 is 11.2 Å². The Hall–Kier alpha value is -1.79. The average Bonchev–Trinajstić information content (AvgIpc) is 3.11. The Kier molecular flexibility index (Phi) is 4.74. The minimum atomic E-state index is -0.745. The van der Waals surface area contributed by atoms with Crippen molar-refractivity contribution in [1.29, 1.82) is 0 Å². The fourth-order valence-corrected chi connectivity index (χ4v) is 1.54. The number of carbonyl (C=O) groups is 2. The van der Waals surface area contributed by atoms with Gasteiger partial charge in [-0.3, -0.25) is 9.59 Å². The van der Waals surface area contributed by atoms with Gasteiger partial charge in [-0.15, -0.1) is 6.42 Å². The van der Waals surface area contributed by atoms with Crippen LogP contribution in [0.4, 0.5) is 0 Å². The van der Waals surface area contributed by atoms with E-state index in [0.717, 1.165) is 12.0 Å². The maximum absolute atomic E-state index is 10.5. The summed E-state index contributed by atoms with van der Waals surface area (Å²) >= 11 is 4.59. The fraction of sp³-hybridized carbons (Fsp3) is 0.231. The number of carboxylic acids is 1. The van der Waals surface area contributed by atoms with E-state index >= 15 is 0 Å². The Labute approximate surface area is 104 Å². The molecule has 88 valence electrons. The van der Waals surface area contributed by atoms with E-state index in [1.54, 1.807) is 5.92 Å². The molecule has 2 atom stereocenters. The molecule has 17 heavy (non-hydrogen) atoms. The number of hydrogen-bond acceptors (Lipinski definition) is 2. The van der Waals surface area contributed by atoms with Gasteiger partial charge < -0.3 is 5.11 Å². The highest BCUT2D eigenvalue weighted by Gasteiger charge is 2.43. The third-order valence-corrected chi connectivity index (χ3v) is 2.56. The molecule has 1 aromatic carbocycles. The van der Waals surface area contributed by atoms with Crippen LogP contribution in [0.3, 0.4) is 0 Å². The van der Waals surface area contributed by atoms with Crippen molar-refractivity contribution in [2.75, 3.05) is 0 Å². The van der Waals surface area contributed by atoms with E-state index in [2.05, 4.69) is 18.0 Å².